The van der Waals surface area contributed by atoms with Crippen molar-refractivity contribution in [1.29, 1.82) is 0 Å². The fraction of sp³-hybridized carbons (Fsp3) is 0.458. The third kappa shape index (κ3) is 4.65. The Balaban J connectivity index is 1.57. The highest BCUT2D eigenvalue weighted by Gasteiger charge is 2.34. The Morgan fingerprint density at radius 1 is 1.15 bits per heavy atom. The van der Waals surface area contributed by atoms with E-state index in [0.717, 1.165) is 23.2 Å². The van der Waals surface area contributed by atoms with Gasteiger partial charge in [-0.3, -0.25) is 9.59 Å². The van der Waals surface area contributed by atoms with Crippen LogP contribution < -0.4 is 9.80 Å². The van der Waals surface area contributed by atoms with Crippen LogP contribution in [0.15, 0.2) is 35.4 Å². The first-order valence-corrected chi connectivity index (χ1v) is 13.2. The minimum atomic E-state index is -3.74. The summed E-state index contributed by atoms with van der Waals surface area (Å²) in [4.78, 5) is 35.3. The number of aromatic nitrogens is 1. The summed E-state index contributed by atoms with van der Waals surface area (Å²) in [6.45, 7) is 5.87. The molecular formula is C24H30N4O5S. The smallest absolute Gasteiger partial charge is 0.255 e. The molecule has 2 amide bonds. The lowest BCUT2D eigenvalue weighted by atomic mass is 10.1. The summed E-state index contributed by atoms with van der Waals surface area (Å²) < 4.78 is 25.2. The zero-order chi connectivity index (χ0) is 24.6. The number of carbonyl (C=O) groups excluding carboxylic acids is 2. The lowest BCUT2D eigenvalue weighted by Crippen LogP contribution is -2.49. The summed E-state index contributed by atoms with van der Waals surface area (Å²) in [7, 11) is -3.74. The zero-order valence-corrected chi connectivity index (χ0v) is 20.5. The Hall–Kier alpha value is -2.98. The minimum Gasteiger partial charge on any atom is -0.394 e. The number of pyridine rings is 1. The summed E-state index contributed by atoms with van der Waals surface area (Å²) in [6.07, 6.45) is 3.68. The van der Waals surface area contributed by atoms with Gasteiger partial charge in [0, 0.05) is 50.7 Å². The maximum Gasteiger partial charge on any atom is 0.255 e. The number of rotatable bonds is 5. The Morgan fingerprint density at radius 2 is 1.85 bits per heavy atom. The number of hydrogen-bond donors (Lipinski definition) is 1. The number of aliphatic hydroxyl groups is 1. The summed E-state index contributed by atoms with van der Waals surface area (Å²) in [5, 5.41) is 9.61. The molecule has 0 radical (unpaired) electrons. The van der Waals surface area contributed by atoms with Crippen LogP contribution in [0.5, 0.6) is 0 Å². The highest BCUT2D eigenvalue weighted by atomic mass is 32.2. The number of aliphatic hydroxyl groups excluding tert-OH is 1. The van der Waals surface area contributed by atoms with E-state index in [1.165, 1.54) is 17.0 Å². The van der Waals surface area contributed by atoms with E-state index in [-0.39, 0.29) is 28.9 Å². The Kier molecular flexibility index (Phi) is 6.64. The first kappa shape index (κ1) is 24.2. The number of aryl methyl sites for hydroxylation is 2. The second kappa shape index (κ2) is 9.34. The number of benzene rings is 1. The molecule has 3 heterocycles. The van der Waals surface area contributed by atoms with Gasteiger partial charge in [-0.1, -0.05) is 6.07 Å². The second-order valence-electron chi connectivity index (χ2n) is 9.02. The fourth-order valence-electron chi connectivity index (χ4n) is 4.75. The number of amides is 2. The molecule has 4 rings (SSSR count). The quantitative estimate of drug-likeness (QED) is 0.683. The van der Waals surface area contributed by atoms with Gasteiger partial charge in [-0.15, -0.1) is 0 Å². The molecule has 2 aliphatic heterocycles. The SMILES string of the molecule is Cc1cnc(N2CCN(C(=O)c3ccc(N4C(=O)CC[C@H]4CO)cc3S(C)(=O)=O)CC2)c(C)c1. The zero-order valence-electron chi connectivity index (χ0n) is 19.7. The maximum absolute atomic E-state index is 13.3. The molecule has 2 aromatic rings. The highest BCUT2D eigenvalue weighted by Crippen LogP contribution is 2.31. The van der Waals surface area contributed by atoms with Crippen LogP contribution in [0.2, 0.25) is 0 Å². The van der Waals surface area contributed by atoms with Crippen molar-refractivity contribution in [2.45, 2.75) is 37.6 Å². The van der Waals surface area contributed by atoms with Crippen molar-refractivity contribution in [2.75, 3.05) is 48.8 Å². The van der Waals surface area contributed by atoms with Gasteiger partial charge < -0.3 is 19.8 Å². The van der Waals surface area contributed by atoms with Crippen LogP contribution >= 0.6 is 0 Å². The van der Waals surface area contributed by atoms with E-state index in [1.54, 1.807) is 11.0 Å². The van der Waals surface area contributed by atoms with E-state index in [0.29, 0.717) is 44.7 Å². The average Bonchev–Trinajstić information content (AvgIpc) is 3.18. The largest absolute Gasteiger partial charge is 0.394 e. The molecule has 0 aliphatic carbocycles. The molecule has 2 fully saturated rings. The van der Waals surface area contributed by atoms with E-state index < -0.39 is 15.9 Å². The van der Waals surface area contributed by atoms with Crippen molar-refractivity contribution in [1.82, 2.24) is 9.88 Å². The number of carbonyl (C=O) groups is 2. The first-order chi connectivity index (χ1) is 16.1. The van der Waals surface area contributed by atoms with Gasteiger partial charge in [0.25, 0.3) is 5.91 Å². The molecule has 1 aromatic carbocycles. The molecule has 0 unspecified atom stereocenters. The van der Waals surface area contributed by atoms with E-state index in [4.69, 9.17) is 0 Å². The van der Waals surface area contributed by atoms with Crippen molar-refractivity contribution >= 4 is 33.2 Å². The molecule has 0 spiro atoms. The van der Waals surface area contributed by atoms with E-state index in [1.807, 2.05) is 20.0 Å². The molecular weight excluding hydrogens is 456 g/mol. The van der Waals surface area contributed by atoms with E-state index >= 15 is 0 Å². The molecule has 2 aliphatic rings. The average molecular weight is 487 g/mol. The molecule has 1 N–H and O–H groups in total. The molecule has 2 saturated heterocycles. The predicted octanol–water partition coefficient (Wildman–Crippen LogP) is 1.55. The lowest BCUT2D eigenvalue weighted by molar-refractivity contribution is -0.117. The van der Waals surface area contributed by atoms with Gasteiger partial charge in [-0.05, 0) is 49.6 Å². The van der Waals surface area contributed by atoms with Crippen LogP contribution in [-0.2, 0) is 14.6 Å². The van der Waals surface area contributed by atoms with Crippen LogP contribution in [0.25, 0.3) is 0 Å². The van der Waals surface area contributed by atoms with Gasteiger partial charge in [0.05, 0.1) is 23.1 Å². The lowest BCUT2D eigenvalue weighted by Gasteiger charge is -2.36. The molecule has 182 valence electrons. The van der Waals surface area contributed by atoms with Gasteiger partial charge in [-0.25, -0.2) is 13.4 Å². The van der Waals surface area contributed by atoms with Crippen LogP contribution in [-0.4, -0.2) is 80.3 Å². The topological polar surface area (TPSA) is 111 Å². The van der Waals surface area contributed by atoms with E-state index in [9.17, 15) is 23.1 Å². The van der Waals surface area contributed by atoms with Crippen LogP contribution in [0.4, 0.5) is 11.5 Å². The van der Waals surface area contributed by atoms with Crippen molar-refractivity contribution in [2.24, 2.45) is 0 Å². The summed E-state index contributed by atoms with van der Waals surface area (Å²) >= 11 is 0. The fourth-order valence-corrected chi connectivity index (χ4v) is 5.64. The van der Waals surface area contributed by atoms with Crippen LogP contribution in [0, 0.1) is 13.8 Å². The van der Waals surface area contributed by atoms with Crippen molar-refractivity contribution in [3.05, 3.63) is 47.2 Å². The summed E-state index contributed by atoms with van der Waals surface area (Å²) in [5.41, 5.74) is 2.64. The number of sulfone groups is 1. The normalized spacial score (nSPS) is 19.1. The van der Waals surface area contributed by atoms with Gasteiger partial charge >= 0.3 is 0 Å². The third-order valence-corrected chi connectivity index (χ3v) is 7.60. The van der Waals surface area contributed by atoms with Gasteiger partial charge in [-0.2, -0.15) is 0 Å². The van der Waals surface area contributed by atoms with Gasteiger partial charge in [0.2, 0.25) is 5.91 Å². The van der Waals surface area contributed by atoms with E-state index in [2.05, 4.69) is 16.0 Å². The monoisotopic (exact) mass is 486 g/mol. The van der Waals surface area contributed by atoms with Crippen molar-refractivity contribution in [3.8, 4) is 0 Å². The molecule has 0 saturated carbocycles. The van der Waals surface area contributed by atoms with Crippen molar-refractivity contribution in [3.63, 3.8) is 0 Å². The first-order valence-electron chi connectivity index (χ1n) is 11.3. The number of anilines is 2. The Labute approximate surface area is 199 Å². The Bertz CT molecular complexity index is 1220. The van der Waals surface area contributed by atoms with Crippen molar-refractivity contribution < 1.29 is 23.1 Å². The molecule has 10 heteroatoms. The van der Waals surface area contributed by atoms with Crippen LogP contribution in [0.1, 0.15) is 34.3 Å². The molecule has 34 heavy (non-hydrogen) atoms. The minimum absolute atomic E-state index is 0.0940. The molecule has 9 nitrogen and oxygen atoms in total. The number of piperazine rings is 1. The molecule has 1 aromatic heterocycles. The summed E-state index contributed by atoms with van der Waals surface area (Å²) in [6, 6.07) is 6.13. The Morgan fingerprint density at radius 3 is 2.47 bits per heavy atom. The standard InChI is InChI=1S/C24H30N4O5S/c1-16-12-17(2)23(25-14-16)26-8-10-27(11-9-26)24(31)20-6-4-18(13-21(20)34(3,32)33)28-19(15-29)5-7-22(28)30/h4,6,12-14,19,29H,5,7-11,15H2,1-3H3/t19-/m0/s1. The molecule has 1 atom stereocenters. The number of nitrogens with zero attached hydrogens (tertiary/aromatic N) is 4. The second-order valence-corrected chi connectivity index (χ2v) is 11.0. The summed E-state index contributed by atoms with van der Waals surface area (Å²) in [5.74, 6) is 0.368. The maximum atomic E-state index is 13.3. The number of hydrogen-bond acceptors (Lipinski definition) is 7. The van der Waals surface area contributed by atoms with Gasteiger partial charge in [0.1, 0.15) is 5.82 Å². The highest BCUT2D eigenvalue weighted by molar-refractivity contribution is 7.90. The predicted molar refractivity (Wildman–Crippen MR) is 129 cm³/mol. The van der Waals surface area contributed by atoms with Gasteiger partial charge in [0.15, 0.2) is 9.84 Å². The third-order valence-electron chi connectivity index (χ3n) is 6.46. The molecule has 0 bridgehead atoms. The van der Waals surface area contributed by atoms with Crippen LogP contribution in [0.3, 0.4) is 0 Å².